The molecule has 0 aliphatic heterocycles. The van der Waals surface area contributed by atoms with E-state index in [9.17, 15) is 9.59 Å². The lowest BCUT2D eigenvalue weighted by molar-refractivity contribution is -0.141. The van der Waals surface area contributed by atoms with Crippen LogP contribution in [-0.4, -0.2) is 37.0 Å². The molecule has 0 radical (unpaired) electrons. The predicted octanol–water partition coefficient (Wildman–Crippen LogP) is 0.478. The lowest BCUT2D eigenvalue weighted by Gasteiger charge is -2.15. The number of likely N-dealkylation sites (N-methyl/N-ethyl adjacent to an activating group) is 1. The molecule has 0 aromatic carbocycles. The van der Waals surface area contributed by atoms with Gasteiger partial charge in [0, 0.05) is 12.6 Å². The summed E-state index contributed by atoms with van der Waals surface area (Å²) in [6.07, 6.45) is -0.162. The van der Waals surface area contributed by atoms with Gasteiger partial charge in [-0.3, -0.25) is 4.79 Å². The molecule has 0 fully saturated rings. The lowest BCUT2D eigenvalue weighted by atomic mass is 10.4. The monoisotopic (exact) mass is 210 g/mol. The van der Waals surface area contributed by atoms with Gasteiger partial charge in [-0.05, 0) is 6.92 Å². The van der Waals surface area contributed by atoms with Crippen LogP contribution in [0.5, 0.6) is 0 Å². The van der Waals surface area contributed by atoms with Crippen LogP contribution < -0.4 is 0 Å². The first kappa shape index (κ1) is 13.2. The van der Waals surface area contributed by atoms with E-state index in [1.807, 2.05) is 0 Å². The summed E-state index contributed by atoms with van der Waals surface area (Å²) in [5.74, 6) is -0.764. The van der Waals surface area contributed by atoms with Gasteiger partial charge in [-0.1, -0.05) is 6.58 Å². The van der Waals surface area contributed by atoms with Crippen LogP contribution in [0.1, 0.15) is 13.3 Å². The van der Waals surface area contributed by atoms with E-state index in [-0.39, 0.29) is 25.5 Å². The summed E-state index contributed by atoms with van der Waals surface area (Å²) < 4.78 is 4.79. The molecule has 0 aliphatic rings. The summed E-state index contributed by atoms with van der Waals surface area (Å²) in [7, 11) is 1.55. The fourth-order valence-electron chi connectivity index (χ4n) is 0.726. The number of esters is 1. The van der Waals surface area contributed by atoms with Gasteiger partial charge >= 0.3 is 5.97 Å². The zero-order valence-electron chi connectivity index (χ0n) is 8.95. The number of ether oxygens (including phenoxy) is 1. The van der Waals surface area contributed by atoms with Crippen LogP contribution in [0.4, 0.5) is 0 Å². The molecular formula is C10H14N2O3. The molecule has 15 heavy (non-hydrogen) atoms. The largest absolute Gasteiger partial charge is 0.460 e. The summed E-state index contributed by atoms with van der Waals surface area (Å²) in [6, 6.07) is 1.75. The van der Waals surface area contributed by atoms with Crippen molar-refractivity contribution in [1.29, 1.82) is 5.26 Å². The maximum Gasteiger partial charge on any atom is 0.333 e. The third-order valence-corrected chi connectivity index (χ3v) is 1.66. The highest BCUT2D eigenvalue weighted by atomic mass is 16.5. The second-order valence-corrected chi connectivity index (χ2v) is 3.07. The summed E-state index contributed by atoms with van der Waals surface area (Å²) in [5, 5.41) is 8.28. The molecule has 0 saturated carbocycles. The van der Waals surface area contributed by atoms with E-state index in [4.69, 9.17) is 10.00 Å². The normalized spacial score (nSPS) is 8.87. The first-order chi connectivity index (χ1) is 6.99. The minimum absolute atomic E-state index is 0.110. The summed E-state index contributed by atoms with van der Waals surface area (Å²) in [6.45, 7) is 5.36. The van der Waals surface area contributed by atoms with Crippen LogP contribution in [0.25, 0.3) is 0 Å². The second kappa shape index (κ2) is 6.60. The van der Waals surface area contributed by atoms with E-state index in [1.54, 1.807) is 20.0 Å². The smallest absolute Gasteiger partial charge is 0.333 e. The van der Waals surface area contributed by atoms with Crippen molar-refractivity contribution >= 4 is 11.9 Å². The topological polar surface area (TPSA) is 70.4 Å². The number of nitriles is 1. The average molecular weight is 210 g/mol. The molecule has 0 spiro atoms. The molecule has 0 rings (SSSR count). The van der Waals surface area contributed by atoms with E-state index in [1.165, 1.54) is 4.90 Å². The van der Waals surface area contributed by atoms with Gasteiger partial charge in [-0.15, -0.1) is 0 Å². The number of rotatable bonds is 5. The molecule has 0 saturated heterocycles. The fraction of sp³-hybridized carbons (Fsp3) is 0.500. The highest BCUT2D eigenvalue weighted by Gasteiger charge is 2.09. The Kier molecular flexibility index (Phi) is 5.79. The Morgan fingerprint density at radius 3 is 2.60 bits per heavy atom. The quantitative estimate of drug-likeness (QED) is 0.488. The second-order valence-electron chi connectivity index (χ2n) is 3.07. The van der Waals surface area contributed by atoms with Crippen LogP contribution in [0.3, 0.4) is 0 Å². The SMILES string of the molecule is C=C(C)C(=O)OCCN(C)C(=O)CC#N. The Morgan fingerprint density at radius 1 is 1.53 bits per heavy atom. The highest BCUT2D eigenvalue weighted by Crippen LogP contribution is 1.94. The zero-order chi connectivity index (χ0) is 11.8. The summed E-state index contributed by atoms with van der Waals surface area (Å²) in [4.78, 5) is 23.4. The molecule has 0 N–H and O–H groups in total. The van der Waals surface area contributed by atoms with Gasteiger partial charge in [0.05, 0.1) is 12.6 Å². The van der Waals surface area contributed by atoms with Gasteiger partial charge in [0.25, 0.3) is 0 Å². The molecule has 0 aromatic heterocycles. The molecule has 0 heterocycles. The van der Waals surface area contributed by atoms with Gasteiger partial charge in [0.1, 0.15) is 13.0 Å². The Hall–Kier alpha value is -1.83. The van der Waals surface area contributed by atoms with Crippen molar-refractivity contribution in [1.82, 2.24) is 4.90 Å². The van der Waals surface area contributed by atoms with E-state index < -0.39 is 5.97 Å². The van der Waals surface area contributed by atoms with Crippen molar-refractivity contribution in [3.8, 4) is 6.07 Å². The minimum Gasteiger partial charge on any atom is -0.460 e. The average Bonchev–Trinajstić information content (AvgIpc) is 2.17. The number of nitrogens with zero attached hydrogens (tertiary/aromatic N) is 2. The van der Waals surface area contributed by atoms with Crippen molar-refractivity contribution in [3.05, 3.63) is 12.2 Å². The molecule has 82 valence electrons. The molecular weight excluding hydrogens is 196 g/mol. The highest BCUT2D eigenvalue weighted by molar-refractivity contribution is 5.86. The Labute approximate surface area is 88.9 Å². The van der Waals surface area contributed by atoms with Gasteiger partial charge in [-0.2, -0.15) is 5.26 Å². The molecule has 0 bridgehead atoms. The van der Waals surface area contributed by atoms with Crippen LogP contribution in [0.2, 0.25) is 0 Å². The van der Waals surface area contributed by atoms with Gasteiger partial charge in [0.15, 0.2) is 0 Å². The van der Waals surface area contributed by atoms with Crippen LogP contribution >= 0.6 is 0 Å². The first-order valence-electron chi connectivity index (χ1n) is 4.42. The minimum atomic E-state index is -0.476. The Bertz CT molecular complexity index is 304. The van der Waals surface area contributed by atoms with Gasteiger partial charge in [-0.25, -0.2) is 4.79 Å². The van der Waals surface area contributed by atoms with Crippen molar-refractivity contribution in [2.24, 2.45) is 0 Å². The van der Waals surface area contributed by atoms with Crippen LogP contribution in [0.15, 0.2) is 12.2 Å². The molecule has 0 aromatic rings. The molecule has 0 unspecified atom stereocenters. The number of carbonyl (C=O) groups is 2. The zero-order valence-corrected chi connectivity index (χ0v) is 8.95. The molecule has 0 atom stereocenters. The molecule has 5 nitrogen and oxygen atoms in total. The standard InChI is InChI=1S/C10H14N2O3/c1-8(2)10(14)15-7-6-12(3)9(13)4-5-11/h1,4,6-7H2,2-3H3. The van der Waals surface area contributed by atoms with Crippen molar-refractivity contribution < 1.29 is 14.3 Å². The Balaban J connectivity index is 3.78. The van der Waals surface area contributed by atoms with Crippen molar-refractivity contribution in [3.63, 3.8) is 0 Å². The first-order valence-corrected chi connectivity index (χ1v) is 4.42. The molecule has 1 amide bonds. The van der Waals surface area contributed by atoms with Gasteiger partial charge in [0.2, 0.25) is 5.91 Å². The number of amides is 1. The van der Waals surface area contributed by atoms with Crippen molar-refractivity contribution in [2.75, 3.05) is 20.2 Å². The maximum atomic E-state index is 11.1. The molecule has 5 heteroatoms. The Morgan fingerprint density at radius 2 is 2.13 bits per heavy atom. The molecule has 0 aliphatic carbocycles. The number of carbonyl (C=O) groups excluding carboxylic acids is 2. The predicted molar refractivity (Wildman–Crippen MR) is 53.6 cm³/mol. The fourth-order valence-corrected chi connectivity index (χ4v) is 0.726. The number of hydrogen-bond donors (Lipinski definition) is 0. The third-order valence-electron chi connectivity index (χ3n) is 1.66. The summed E-state index contributed by atoms with van der Waals surface area (Å²) in [5.41, 5.74) is 0.320. The van der Waals surface area contributed by atoms with E-state index in [0.717, 1.165) is 0 Å². The van der Waals surface area contributed by atoms with Crippen LogP contribution in [-0.2, 0) is 14.3 Å². The lowest BCUT2D eigenvalue weighted by Crippen LogP contribution is -2.30. The van der Waals surface area contributed by atoms with Crippen LogP contribution in [0, 0.1) is 11.3 Å². The third kappa shape index (κ3) is 5.47. The van der Waals surface area contributed by atoms with Gasteiger partial charge < -0.3 is 9.64 Å². The summed E-state index contributed by atoms with van der Waals surface area (Å²) >= 11 is 0. The van der Waals surface area contributed by atoms with E-state index in [2.05, 4.69) is 6.58 Å². The van der Waals surface area contributed by atoms with Crippen molar-refractivity contribution in [2.45, 2.75) is 13.3 Å². The van der Waals surface area contributed by atoms with E-state index in [0.29, 0.717) is 5.57 Å². The number of hydrogen-bond acceptors (Lipinski definition) is 4. The van der Waals surface area contributed by atoms with E-state index >= 15 is 0 Å². The maximum absolute atomic E-state index is 11.1.